The van der Waals surface area contributed by atoms with Gasteiger partial charge in [-0.2, -0.15) is 0 Å². The monoisotopic (exact) mass is 313 g/mol. The Morgan fingerprint density at radius 2 is 2.05 bits per heavy atom. The summed E-state index contributed by atoms with van der Waals surface area (Å²) < 4.78 is 29.7. The Bertz CT molecular complexity index is 540. The van der Waals surface area contributed by atoms with Crippen molar-refractivity contribution in [2.75, 3.05) is 6.54 Å². The molecule has 0 aromatic carbocycles. The Hall–Kier alpha value is -2.02. The number of carbonyl (C=O) groups is 1. The van der Waals surface area contributed by atoms with E-state index in [1.54, 1.807) is 12.2 Å². The van der Waals surface area contributed by atoms with Crippen LogP contribution in [0.2, 0.25) is 0 Å². The molecule has 0 unspecified atom stereocenters. The lowest BCUT2D eigenvalue weighted by Crippen LogP contribution is -2.38. The third-order valence-corrected chi connectivity index (χ3v) is 3.63. The molecule has 1 saturated heterocycles. The van der Waals surface area contributed by atoms with Crippen LogP contribution < -0.4 is 0 Å². The van der Waals surface area contributed by atoms with Gasteiger partial charge in [0.1, 0.15) is 11.9 Å². The molecule has 0 saturated carbocycles. The van der Waals surface area contributed by atoms with Gasteiger partial charge in [0.25, 0.3) is 0 Å². The zero-order valence-electron chi connectivity index (χ0n) is 11.6. The van der Waals surface area contributed by atoms with E-state index >= 15 is 0 Å². The van der Waals surface area contributed by atoms with Gasteiger partial charge < -0.3 is 9.84 Å². The third kappa shape index (κ3) is 5.11. The molecule has 0 amide bonds. The van der Waals surface area contributed by atoms with E-state index in [9.17, 15) is 13.2 Å². The van der Waals surface area contributed by atoms with Crippen molar-refractivity contribution in [2.24, 2.45) is 0 Å². The molecule has 7 heteroatoms. The molecule has 1 fully saturated rings. The normalized spacial score (nSPS) is 22.3. The molecule has 1 heterocycles. The maximum atomic E-state index is 11.4. The predicted octanol–water partition coefficient (Wildman–Crippen LogP) is 1.61. The number of allylic oxidation sites excluding steroid dienone is 4. The second-order valence-corrected chi connectivity index (χ2v) is 5.36. The van der Waals surface area contributed by atoms with Gasteiger partial charge in [-0.1, -0.05) is 25.3 Å². The van der Waals surface area contributed by atoms with E-state index in [1.807, 2.05) is 0 Å². The first kappa shape index (κ1) is 17.0. The second-order valence-electron chi connectivity index (χ2n) is 4.40. The predicted molar refractivity (Wildman–Crippen MR) is 79.9 cm³/mol. The average Bonchev–Trinajstić information content (AvgIpc) is 2.41. The van der Waals surface area contributed by atoms with Gasteiger partial charge in [0.05, 0.1) is 12.2 Å². The van der Waals surface area contributed by atoms with Gasteiger partial charge in [-0.15, -0.1) is 0 Å². The highest BCUT2D eigenvalue weighted by Crippen LogP contribution is 2.27. The number of morpholine rings is 1. The van der Waals surface area contributed by atoms with Gasteiger partial charge in [-0.3, -0.25) is 9.10 Å². The summed E-state index contributed by atoms with van der Waals surface area (Å²) in [6.45, 7) is 7.29. The molecule has 1 rings (SSSR count). The highest BCUT2D eigenvalue weighted by atomic mass is 32.2. The Morgan fingerprint density at radius 3 is 2.57 bits per heavy atom. The third-order valence-electron chi connectivity index (χ3n) is 2.86. The number of hydrogen-bond donors (Lipinski definition) is 2. The fourth-order valence-corrected chi connectivity index (χ4v) is 2.65. The molecule has 0 aliphatic carbocycles. The molecular formula is C14H19NO5S. The van der Waals surface area contributed by atoms with Crippen molar-refractivity contribution >= 4 is 16.9 Å². The van der Waals surface area contributed by atoms with E-state index in [0.717, 1.165) is 0 Å². The Morgan fingerprint density at radius 1 is 1.38 bits per heavy atom. The minimum atomic E-state index is -2.82. The summed E-state index contributed by atoms with van der Waals surface area (Å²) in [6.07, 6.45) is 6.63. The number of aliphatic carboxylic acids is 1. The topological polar surface area (TPSA) is 83.9 Å². The van der Waals surface area contributed by atoms with Gasteiger partial charge in [-0.25, -0.2) is 8.42 Å². The number of hydrogen-bond acceptors (Lipinski definition) is 4. The SMILES string of the molecule is C=C/C=C1/O[C@@H](CCCC(=O)O)CN([SH](=O)=O)/C1=C/C=C. The molecule has 1 N–H and O–H groups in total. The van der Waals surface area contributed by atoms with Crippen LogP contribution in [0.5, 0.6) is 0 Å². The first-order chi connectivity index (χ1) is 9.99. The van der Waals surface area contributed by atoms with E-state index in [4.69, 9.17) is 9.84 Å². The van der Waals surface area contributed by atoms with Crippen molar-refractivity contribution in [3.8, 4) is 0 Å². The zero-order valence-corrected chi connectivity index (χ0v) is 12.5. The van der Waals surface area contributed by atoms with Crippen molar-refractivity contribution in [3.05, 3.63) is 48.9 Å². The molecule has 0 aromatic rings. The number of nitrogens with zero attached hydrogens (tertiary/aromatic N) is 1. The van der Waals surface area contributed by atoms with Crippen molar-refractivity contribution < 1.29 is 23.1 Å². The van der Waals surface area contributed by atoms with Gasteiger partial charge in [-0.05, 0) is 25.0 Å². The molecule has 6 nitrogen and oxygen atoms in total. The maximum Gasteiger partial charge on any atom is 0.303 e. The number of thiol groups is 1. The summed E-state index contributed by atoms with van der Waals surface area (Å²) in [7, 11) is -2.82. The number of carboxylic acid groups (broad SMARTS) is 1. The van der Waals surface area contributed by atoms with E-state index in [1.165, 1.54) is 16.5 Å². The first-order valence-corrected chi connectivity index (χ1v) is 7.58. The summed E-state index contributed by atoms with van der Waals surface area (Å²) in [4.78, 5) is 10.5. The molecule has 0 aromatic heterocycles. The summed E-state index contributed by atoms with van der Waals surface area (Å²) in [5.41, 5.74) is 0.399. The highest BCUT2D eigenvalue weighted by Gasteiger charge is 2.29. The standard InChI is InChI=1S/C14H19NO5S/c1-3-6-12-13(7-4-2)20-11(8-5-9-14(16)17)10-15(12)21(18)19/h3-4,6-7,11,21H,1-2,5,8-10H2,(H,16,17)/b12-6+,13-7+/t11-/m0/s1. The summed E-state index contributed by atoms with van der Waals surface area (Å²) >= 11 is 0. The lowest BCUT2D eigenvalue weighted by molar-refractivity contribution is -0.137. The second kappa shape index (κ2) is 8.31. The maximum absolute atomic E-state index is 11.4. The van der Waals surface area contributed by atoms with Gasteiger partial charge in [0, 0.05) is 6.42 Å². The van der Waals surface area contributed by atoms with E-state index < -0.39 is 16.9 Å². The van der Waals surface area contributed by atoms with Crippen LogP contribution in [0.3, 0.4) is 0 Å². The summed E-state index contributed by atoms with van der Waals surface area (Å²) in [6, 6.07) is 0. The summed E-state index contributed by atoms with van der Waals surface area (Å²) in [5.74, 6) is -0.498. The molecule has 21 heavy (non-hydrogen) atoms. The van der Waals surface area contributed by atoms with Gasteiger partial charge in [0.15, 0.2) is 0 Å². The van der Waals surface area contributed by atoms with Crippen LogP contribution in [0.25, 0.3) is 0 Å². The largest absolute Gasteiger partial charge is 0.486 e. The fourth-order valence-electron chi connectivity index (χ4n) is 1.99. The lowest BCUT2D eigenvalue weighted by atomic mass is 10.1. The minimum absolute atomic E-state index is 0.0270. The van der Waals surface area contributed by atoms with E-state index in [-0.39, 0.29) is 19.1 Å². The lowest BCUT2D eigenvalue weighted by Gasteiger charge is -2.34. The fraction of sp³-hybridized carbons (Fsp3) is 0.357. The van der Waals surface area contributed by atoms with Crippen molar-refractivity contribution in [3.63, 3.8) is 0 Å². The average molecular weight is 313 g/mol. The number of rotatable bonds is 7. The van der Waals surface area contributed by atoms with Crippen LogP contribution in [0.4, 0.5) is 0 Å². The molecule has 1 aliphatic heterocycles. The number of ether oxygens (including phenoxy) is 1. The van der Waals surface area contributed by atoms with Crippen LogP contribution >= 0.6 is 0 Å². The number of carboxylic acids is 1. The van der Waals surface area contributed by atoms with Crippen molar-refractivity contribution in [2.45, 2.75) is 25.4 Å². The molecule has 1 aliphatic rings. The van der Waals surface area contributed by atoms with Crippen molar-refractivity contribution in [1.82, 2.24) is 4.31 Å². The van der Waals surface area contributed by atoms with Gasteiger partial charge in [0.2, 0.25) is 10.9 Å². The first-order valence-electron chi connectivity index (χ1n) is 6.45. The van der Waals surface area contributed by atoms with Crippen molar-refractivity contribution in [1.29, 1.82) is 0 Å². The Balaban J connectivity index is 2.92. The van der Waals surface area contributed by atoms with Crippen LogP contribution in [-0.2, 0) is 20.4 Å². The molecule has 0 bridgehead atoms. The van der Waals surface area contributed by atoms with Gasteiger partial charge >= 0.3 is 5.97 Å². The molecule has 116 valence electrons. The Labute approximate surface area is 125 Å². The van der Waals surface area contributed by atoms with Crippen LogP contribution in [-0.4, -0.2) is 36.4 Å². The molecule has 1 atom stereocenters. The smallest absolute Gasteiger partial charge is 0.303 e. The Kier molecular flexibility index (Phi) is 6.74. The molecule has 0 radical (unpaired) electrons. The molecular weight excluding hydrogens is 294 g/mol. The van der Waals surface area contributed by atoms with E-state index in [0.29, 0.717) is 24.3 Å². The van der Waals surface area contributed by atoms with E-state index in [2.05, 4.69) is 13.2 Å². The minimum Gasteiger partial charge on any atom is -0.486 e. The summed E-state index contributed by atoms with van der Waals surface area (Å²) in [5, 5.41) is 8.64. The quantitative estimate of drug-likeness (QED) is 0.698. The van der Waals surface area contributed by atoms with Crippen LogP contribution in [0, 0.1) is 0 Å². The van der Waals surface area contributed by atoms with Crippen LogP contribution in [0.15, 0.2) is 48.9 Å². The molecule has 0 spiro atoms. The van der Waals surface area contributed by atoms with Crippen LogP contribution in [0.1, 0.15) is 19.3 Å². The zero-order chi connectivity index (χ0) is 15.8. The highest BCUT2D eigenvalue weighted by molar-refractivity contribution is 7.70.